The normalized spacial score (nSPS) is 10.6. The Balaban J connectivity index is 1.97. The second-order valence-electron chi connectivity index (χ2n) is 6.44. The zero-order chi connectivity index (χ0) is 21.6. The lowest BCUT2D eigenvalue weighted by molar-refractivity contribution is -0.119. The molecule has 0 bridgehead atoms. The number of rotatable bonds is 7. The fraction of sp³-hybridized carbons (Fsp3) is 0.250. The summed E-state index contributed by atoms with van der Waals surface area (Å²) in [5, 5.41) is 5.68. The molecule has 2 aromatic carbocycles. The van der Waals surface area contributed by atoms with Crippen LogP contribution in [0.3, 0.4) is 0 Å². The number of carbonyl (C=O) groups is 3. The zero-order valence-corrected chi connectivity index (χ0v) is 17.7. The molecule has 0 fully saturated rings. The molecule has 0 aliphatic carbocycles. The van der Waals surface area contributed by atoms with Crippen molar-refractivity contribution < 1.29 is 19.1 Å². The molecule has 0 saturated heterocycles. The van der Waals surface area contributed by atoms with Crippen molar-refractivity contribution in [3.05, 3.63) is 57.6 Å². The molecule has 9 heteroatoms. The minimum Gasteiger partial charge on any atom is -0.465 e. The summed E-state index contributed by atoms with van der Waals surface area (Å²) in [6.07, 6.45) is 0. The van der Waals surface area contributed by atoms with Gasteiger partial charge in [0.1, 0.15) is 0 Å². The van der Waals surface area contributed by atoms with Gasteiger partial charge in [0.05, 0.1) is 36.5 Å². The third-order valence-corrected chi connectivity index (χ3v) is 4.40. The molecule has 0 aliphatic heterocycles. The van der Waals surface area contributed by atoms with E-state index in [-0.39, 0.29) is 40.3 Å². The van der Waals surface area contributed by atoms with Crippen LogP contribution in [0.1, 0.15) is 15.9 Å². The number of benzene rings is 2. The highest BCUT2D eigenvalue weighted by Gasteiger charge is 2.19. The van der Waals surface area contributed by atoms with Crippen molar-refractivity contribution in [2.45, 2.75) is 6.92 Å². The number of nitrogens with one attached hydrogen (secondary N) is 2. The second-order valence-corrected chi connectivity index (χ2v) is 7.28. The van der Waals surface area contributed by atoms with E-state index in [9.17, 15) is 14.4 Å². The van der Waals surface area contributed by atoms with E-state index < -0.39 is 11.9 Å². The van der Waals surface area contributed by atoms with Crippen molar-refractivity contribution in [2.75, 3.05) is 37.9 Å². The van der Waals surface area contributed by atoms with E-state index >= 15 is 0 Å². The van der Waals surface area contributed by atoms with Gasteiger partial charge in [0.15, 0.2) is 0 Å². The number of methoxy groups -OCH3 is 1. The highest BCUT2D eigenvalue weighted by molar-refractivity contribution is 6.37. The molecule has 2 amide bonds. The average Bonchev–Trinajstić information content (AvgIpc) is 2.64. The first kappa shape index (κ1) is 22.7. The Bertz CT molecular complexity index is 917. The Morgan fingerprint density at radius 1 is 1.00 bits per heavy atom. The Kier molecular flexibility index (Phi) is 8.01. The number of carbonyl (C=O) groups excluding carboxylic acids is 3. The van der Waals surface area contributed by atoms with Crippen LogP contribution in [-0.2, 0) is 14.3 Å². The molecule has 2 aromatic rings. The maximum atomic E-state index is 12.4. The molecule has 0 atom stereocenters. The molecule has 0 aliphatic rings. The predicted molar refractivity (Wildman–Crippen MR) is 114 cm³/mol. The maximum absolute atomic E-state index is 12.4. The van der Waals surface area contributed by atoms with Gasteiger partial charge in [0.2, 0.25) is 11.8 Å². The van der Waals surface area contributed by atoms with Gasteiger partial charge in [-0.2, -0.15) is 0 Å². The van der Waals surface area contributed by atoms with E-state index in [0.717, 1.165) is 5.56 Å². The first-order chi connectivity index (χ1) is 13.7. The monoisotopic (exact) mass is 437 g/mol. The minimum atomic E-state index is -0.685. The predicted octanol–water partition coefficient (Wildman–Crippen LogP) is 3.60. The Morgan fingerprint density at radius 2 is 1.59 bits per heavy atom. The average molecular weight is 438 g/mol. The molecule has 154 valence electrons. The topological polar surface area (TPSA) is 87.7 Å². The van der Waals surface area contributed by atoms with Gasteiger partial charge < -0.3 is 15.4 Å². The van der Waals surface area contributed by atoms with Crippen LogP contribution in [0.2, 0.25) is 10.0 Å². The number of hydrogen-bond acceptors (Lipinski definition) is 5. The summed E-state index contributed by atoms with van der Waals surface area (Å²) in [6.45, 7) is 1.86. The molecular weight excluding hydrogens is 417 g/mol. The lowest BCUT2D eigenvalue weighted by Gasteiger charge is -2.17. The fourth-order valence-corrected chi connectivity index (χ4v) is 3.07. The number of ether oxygens (including phenoxy) is 1. The quantitative estimate of drug-likeness (QED) is 0.646. The summed E-state index contributed by atoms with van der Waals surface area (Å²) < 4.78 is 4.70. The molecule has 0 heterocycles. The van der Waals surface area contributed by atoms with Crippen LogP contribution >= 0.6 is 23.2 Å². The largest absolute Gasteiger partial charge is 0.465 e. The number of likely N-dealkylation sites (N-methyl/N-ethyl adjacent to an activating group) is 1. The summed E-state index contributed by atoms with van der Waals surface area (Å²) in [6, 6.07) is 10.1. The molecule has 0 aromatic heterocycles. The summed E-state index contributed by atoms with van der Waals surface area (Å²) in [4.78, 5) is 38.0. The Labute approximate surface area is 178 Å². The van der Waals surface area contributed by atoms with E-state index in [1.165, 1.54) is 24.1 Å². The zero-order valence-electron chi connectivity index (χ0n) is 16.2. The van der Waals surface area contributed by atoms with Crippen molar-refractivity contribution in [3.63, 3.8) is 0 Å². The van der Waals surface area contributed by atoms with Crippen LogP contribution in [-0.4, -0.2) is 49.9 Å². The van der Waals surface area contributed by atoms with Gasteiger partial charge in [-0.15, -0.1) is 0 Å². The highest BCUT2D eigenvalue weighted by Crippen LogP contribution is 2.30. The van der Waals surface area contributed by atoms with Crippen molar-refractivity contribution in [3.8, 4) is 0 Å². The third-order valence-electron chi connectivity index (χ3n) is 3.89. The minimum absolute atomic E-state index is 0.000491. The molecule has 0 saturated carbocycles. The maximum Gasteiger partial charge on any atom is 0.340 e. The van der Waals surface area contributed by atoms with Crippen molar-refractivity contribution >= 4 is 52.4 Å². The van der Waals surface area contributed by atoms with E-state index in [2.05, 4.69) is 10.6 Å². The van der Waals surface area contributed by atoms with Gasteiger partial charge in [0, 0.05) is 10.7 Å². The molecule has 0 spiro atoms. The summed E-state index contributed by atoms with van der Waals surface area (Å²) in [5.41, 5.74) is 1.90. The molecule has 2 rings (SSSR count). The van der Waals surface area contributed by atoms with Crippen molar-refractivity contribution in [1.82, 2.24) is 4.90 Å². The molecule has 7 nitrogen and oxygen atoms in total. The summed E-state index contributed by atoms with van der Waals surface area (Å²) in [5.74, 6) is -1.40. The number of amides is 2. The number of anilines is 2. The standard InChI is InChI=1S/C20H21Cl2N3O4/c1-12-4-6-14(7-5-12)23-17(26)10-25(2)11-18(27)24-19-15(20(28)29-3)8-13(21)9-16(19)22/h4-9H,10-11H2,1-3H3,(H,23,26)(H,24,27). The third kappa shape index (κ3) is 6.74. The van der Waals surface area contributed by atoms with Crippen LogP contribution in [0.5, 0.6) is 0 Å². The van der Waals surface area contributed by atoms with E-state index in [0.29, 0.717) is 5.69 Å². The smallest absolute Gasteiger partial charge is 0.340 e. The van der Waals surface area contributed by atoms with Gasteiger partial charge in [-0.25, -0.2) is 4.79 Å². The van der Waals surface area contributed by atoms with Crippen molar-refractivity contribution in [2.24, 2.45) is 0 Å². The molecule has 0 radical (unpaired) electrons. The van der Waals surface area contributed by atoms with E-state index in [4.69, 9.17) is 27.9 Å². The van der Waals surface area contributed by atoms with Crippen molar-refractivity contribution in [1.29, 1.82) is 0 Å². The van der Waals surface area contributed by atoms with E-state index in [1.54, 1.807) is 19.2 Å². The van der Waals surface area contributed by atoms with Gasteiger partial charge in [-0.1, -0.05) is 40.9 Å². The van der Waals surface area contributed by atoms with E-state index in [1.807, 2.05) is 19.1 Å². The van der Waals surface area contributed by atoms with Gasteiger partial charge in [-0.05, 0) is 38.2 Å². The van der Waals surface area contributed by atoms with Crippen LogP contribution in [0, 0.1) is 6.92 Å². The number of esters is 1. The molecule has 0 unspecified atom stereocenters. The summed E-state index contributed by atoms with van der Waals surface area (Å²) in [7, 11) is 2.84. The van der Waals surface area contributed by atoms with Gasteiger partial charge >= 0.3 is 5.97 Å². The Morgan fingerprint density at radius 3 is 2.17 bits per heavy atom. The SMILES string of the molecule is COC(=O)c1cc(Cl)cc(Cl)c1NC(=O)CN(C)CC(=O)Nc1ccc(C)cc1. The van der Waals surface area contributed by atoms with Crippen LogP contribution in [0.15, 0.2) is 36.4 Å². The number of nitrogens with zero attached hydrogens (tertiary/aromatic N) is 1. The fourth-order valence-electron chi connectivity index (χ4n) is 2.53. The number of aryl methyl sites for hydroxylation is 1. The van der Waals surface area contributed by atoms with Gasteiger partial charge in [0.25, 0.3) is 0 Å². The van der Waals surface area contributed by atoms with Gasteiger partial charge in [-0.3, -0.25) is 14.5 Å². The second kappa shape index (κ2) is 10.2. The first-order valence-electron chi connectivity index (χ1n) is 8.62. The summed E-state index contributed by atoms with van der Waals surface area (Å²) >= 11 is 12.0. The van der Waals surface area contributed by atoms with Crippen LogP contribution in [0.4, 0.5) is 11.4 Å². The molecular formula is C20H21Cl2N3O4. The van der Waals surface area contributed by atoms with Crippen LogP contribution < -0.4 is 10.6 Å². The highest BCUT2D eigenvalue weighted by atomic mass is 35.5. The number of halogens is 2. The lowest BCUT2D eigenvalue weighted by atomic mass is 10.1. The lowest BCUT2D eigenvalue weighted by Crippen LogP contribution is -2.36. The van der Waals surface area contributed by atoms with Crippen LogP contribution in [0.25, 0.3) is 0 Å². The molecule has 29 heavy (non-hydrogen) atoms. The number of hydrogen-bond donors (Lipinski definition) is 2. The first-order valence-corrected chi connectivity index (χ1v) is 9.37. The molecule has 2 N–H and O–H groups in total. The Hall–Kier alpha value is -2.61.